The van der Waals surface area contributed by atoms with E-state index in [9.17, 15) is 53.5 Å². The highest BCUT2D eigenvalue weighted by atomic mass is 32.3. The fraction of sp³-hybridized carbons (Fsp3) is 0.286. The molecule has 5 atom stereocenters. The third-order valence-corrected chi connectivity index (χ3v) is 5.83. The Kier molecular flexibility index (Phi) is 6.91. The molecule has 2 heterocycles. The van der Waals surface area contributed by atoms with Gasteiger partial charge in [0, 0.05) is 17.7 Å². The van der Waals surface area contributed by atoms with Crippen molar-refractivity contribution < 1.29 is 66.8 Å². The SMILES string of the molecule is O=c1cc(-c2ccc(O)c(O)c2)oc2c(OC3OC(CO)C(O)C(O)C3O)c(OS(=O)(=O)O)cc(O)c12. The van der Waals surface area contributed by atoms with Gasteiger partial charge in [0.2, 0.25) is 12.0 Å². The molecule has 0 aliphatic carbocycles. The van der Waals surface area contributed by atoms with Crippen molar-refractivity contribution >= 4 is 21.4 Å². The number of rotatable bonds is 6. The summed E-state index contributed by atoms with van der Waals surface area (Å²) in [6, 6.07) is 4.83. The molecule has 3 aromatic rings. The molecule has 16 heteroatoms. The van der Waals surface area contributed by atoms with E-state index in [1.165, 1.54) is 6.07 Å². The molecule has 37 heavy (non-hydrogen) atoms. The molecular weight excluding hydrogens is 524 g/mol. The highest BCUT2D eigenvalue weighted by Crippen LogP contribution is 2.43. The summed E-state index contributed by atoms with van der Waals surface area (Å²) in [5.41, 5.74) is -1.56. The number of aliphatic hydroxyl groups excluding tert-OH is 4. The van der Waals surface area contributed by atoms with Crippen LogP contribution in [0.25, 0.3) is 22.3 Å². The predicted molar refractivity (Wildman–Crippen MR) is 119 cm³/mol. The Bertz CT molecular complexity index is 1500. The van der Waals surface area contributed by atoms with Crippen LogP contribution >= 0.6 is 0 Å². The zero-order valence-electron chi connectivity index (χ0n) is 18.3. The normalized spacial score (nSPS) is 24.2. The summed E-state index contributed by atoms with van der Waals surface area (Å²) in [6.07, 6.45) is -9.05. The highest BCUT2D eigenvalue weighted by molar-refractivity contribution is 7.81. The number of hydrogen-bond donors (Lipinski definition) is 8. The molecule has 0 bridgehead atoms. The fourth-order valence-corrected chi connectivity index (χ4v) is 4.01. The first-order valence-corrected chi connectivity index (χ1v) is 11.7. The van der Waals surface area contributed by atoms with E-state index in [1.54, 1.807) is 0 Å². The van der Waals surface area contributed by atoms with E-state index in [0.717, 1.165) is 18.2 Å². The molecule has 200 valence electrons. The van der Waals surface area contributed by atoms with Crippen LogP contribution < -0.4 is 14.3 Å². The van der Waals surface area contributed by atoms with Gasteiger partial charge in [0.15, 0.2) is 28.3 Å². The molecule has 1 saturated heterocycles. The van der Waals surface area contributed by atoms with Crippen molar-refractivity contribution in [2.24, 2.45) is 0 Å². The third-order valence-electron chi connectivity index (χ3n) is 5.44. The molecule has 5 unspecified atom stereocenters. The van der Waals surface area contributed by atoms with Crippen molar-refractivity contribution in [1.82, 2.24) is 0 Å². The molecule has 0 amide bonds. The lowest BCUT2D eigenvalue weighted by molar-refractivity contribution is -0.277. The van der Waals surface area contributed by atoms with Gasteiger partial charge in [-0.05, 0) is 18.2 Å². The van der Waals surface area contributed by atoms with Crippen LogP contribution in [0.2, 0.25) is 0 Å². The van der Waals surface area contributed by atoms with Gasteiger partial charge in [0.25, 0.3) is 0 Å². The molecule has 1 aliphatic rings. The van der Waals surface area contributed by atoms with Crippen LogP contribution in [0.3, 0.4) is 0 Å². The monoisotopic (exact) mass is 544 g/mol. The molecule has 1 fully saturated rings. The fourth-order valence-electron chi connectivity index (χ4n) is 3.66. The van der Waals surface area contributed by atoms with Crippen LogP contribution in [0.15, 0.2) is 39.5 Å². The smallest absolute Gasteiger partial charge is 0.446 e. The molecule has 0 saturated carbocycles. The maximum absolute atomic E-state index is 12.9. The van der Waals surface area contributed by atoms with E-state index < -0.39 is 92.9 Å². The first kappa shape index (κ1) is 26.4. The molecule has 4 rings (SSSR count). The van der Waals surface area contributed by atoms with Crippen molar-refractivity contribution in [3.8, 4) is 40.1 Å². The number of phenolic OH excluding ortho intramolecular Hbond substituents is 3. The Balaban J connectivity index is 1.95. The molecule has 0 spiro atoms. The summed E-state index contributed by atoms with van der Waals surface area (Å²) in [7, 11) is -5.26. The zero-order chi connectivity index (χ0) is 27.2. The van der Waals surface area contributed by atoms with Crippen molar-refractivity contribution in [3.63, 3.8) is 0 Å². The number of ether oxygens (including phenoxy) is 2. The molecule has 8 N–H and O–H groups in total. The average molecular weight is 544 g/mol. The topological polar surface area (TPSA) is 254 Å². The van der Waals surface area contributed by atoms with Gasteiger partial charge in [-0.2, -0.15) is 8.42 Å². The van der Waals surface area contributed by atoms with Crippen molar-refractivity contribution in [2.75, 3.05) is 6.61 Å². The number of fused-ring (bicyclic) bond motifs is 1. The second-order valence-corrected chi connectivity index (χ2v) is 8.95. The second-order valence-electron chi connectivity index (χ2n) is 7.93. The molecule has 1 aromatic heterocycles. The van der Waals surface area contributed by atoms with Gasteiger partial charge in [-0.15, -0.1) is 0 Å². The van der Waals surface area contributed by atoms with E-state index >= 15 is 0 Å². The van der Waals surface area contributed by atoms with E-state index in [1.807, 2.05) is 0 Å². The molecule has 1 aliphatic heterocycles. The number of aromatic hydroxyl groups is 3. The lowest BCUT2D eigenvalue weighted by atomic mass is 9.99. The first-order valence-electron chi connectivity index (χ1n) is 10.3. The Morgan fingerprint density at radius 3 is 2.24 bits per heavy atom. The molecule has 0 radical (unpaired) electrons. The van der Waals surface area contributed by atoms with Gasteiger partial charge >= 0.3 is 10.4 Å². The molecular formula is C21H20O15S. The molecule has 2 aromatic carbocycles. The Morgan fingerprint density at radius 1 is 0.919 bits per heavy atom. The molecule has 15 nitrogen and oxygen atoms in total. The summed E-state index contributed by atoms with van der Waals surface area (Å²) >= 11 is 0. The summed E-state index contributed by atoms with van der Waals surface area (Å²) < 4.78 is 52.8. The summed E-state index contributed by atoms with van der Waals surface area (Å²) in [6.45, 7) is -0.834. The summed E-state index contributed by atoms with van der Waals surface area (Å²) in [5.74, 6) is -3.99. The van der Waals surface area contributed by atoms with Crippen molar-refractivity contribution in [2.45, 2.75) is 30.7 Å². The third kappa shape index (κ3) is 5.12. The van der Waals surface area contributed by atoms with Gasteiger partial charge < -0.3 is 53.8 Å². The predicted octanol–water partition coefficient (Wildman–Crippen LogP) is -1.06. The van der Waals surface area contributed by atoms with Crippen LogP contribution in [-0.4, -0.2) is 86.0 Å². The average Bonchev–Trinajstić information content (AvgIpc) is 2.81. The van der Waals surface area contributed by atoms with Gasteiger partial charge in [-0.3, -0.25) is 9.35 Å². The summed E-state index contributed by atoms with van der Waals surface area (Å²) in [5, 5.41) is 68.9. The minimum Gasteiger partial charge on any atom is -0.507 e. The standard InChI is InChI=1S/C21H20O15S/c22-6-14-16(27)17(28)18(29)21(34-14)35-19-13(36-37(30,31)32)5-11(26)15-10(25)4-12(33-20(15)19)7-1-2-8(23)9(24)3-7/h1-5,14,16-18,21-24,26-29H,6H2,(H,30,31,32). The second kappa shape index (κ2) is 9.67. The van der Waals surface area contributed by atoms with Crippen molar-refractivity contribution in [3.05, 3.63) is 40.6 Å². The zero-order valence-corrected chi connectivity index (χ0v) is 19.1. The number of benzene rings is 2. The van der Waals surface area contributed by atoms with Crippen LogP contribution in [0, 0.1) is 0 Å². The Morgan fingerprint density at radius 2 is 1.62 bits per heavy atom. The Hall–Kier alpha value is -3.64. The maximum Gasteiger partial charge on any atom is 0.446 e. The number of phenols is 3. The Labute approximate surface area is 206 Å². The van der Waals surface area contributed by atoms with Crippen LogP contribution in [0.1, 0.15) is 0 Å². The minimum atomic E-state index is -5.26. The van der Waals surface area contributed by atoms with Crippen molar-refractivity contribution in [1.29, 1.82) is 0 Å². The lowest BCUT2D eigenvalue weighted by Crippen LogP contribution is -2.60. The number of hydrogen-bond acceptors (Lipinski definition) is 14. The van der Waals surface area contributed by atoms with Gasteiger partial charge in [-0.1, -0.05) is 0 Å². The number of aliphatic hydroxyl groups is 4. The van der Waals surface area contributed by atoms with E-state index in [0.29, 0.717) is 6.07 Å². The van der Waals surface area contributed by atoms with E-state index in [-0.39, 0.29) is 11.3 Å². The van der Waals surface area contributed by atoms with Gasteiger partial charge in [0.1, 0.15) is 41.3 Å². The van der Waals surface area contributed by atoms with Gasteiger partial charge in [0.05, 0.1) is 6.61 Å². The van der Waals surface area contributed by atoms with E-state index in [2.05, 4.69) is 4.18 Å². The first-order chi connectivity index (χ1) is 17.3. The quantitative estimate of drug-likeness (QED) is 0.136. The summed E-state index contributed by atoms with van der Waals surface area (Å²) in [4.78, 5) is 12.9. The minimum absolute atomic E-state index is 0.0358. The van der Waals surface area contributed by atoms with Gasteiger partial charge in [-0.25, -0.2) is 0 Å². The lowest BCUT2D eigenvalue weighted by Gasteiger charge is -2.39. The van der Waals surface area contributed by atoms with Crippen LogP contribution in [0.5, 0.6) is 28.7 Å². The van der Waals surface area contributed by atoms with E-state index in [4.69, 9.17) is 13.9 Å². The van der Waals surface area contributed by atoms with Crippen LogP contribution in [-0.2, 0) is 15.1 Å². The highest BCUT2D eigenvalue weighted by Gasteiger charge is 2.45. The largest absolute Gasteiger partial charge is 0.507 e. The van der Waals surface area contributed by atoms with Crippen LogP contribution in [0.4, 0.5) is 0 Å². The maximum atomic E-state index is 12.9.